The summed E-state index contributed by atoms with van der Waals surface area (Å²) in [5.74, 6) is 0.834. The summed E-state index contributed by atoms with van der Waals surface area (Å²) in [6, 6.07) is 5.85. The fourth-order valence-corrected chi connectivity index (χ4v) is 4.48. The molecule has 0 aliphatic carbocycles. The zero-order valence-electron chi connectivity index (χ0n) is 13.6. The lowest BCUT2D eigenvalue weighted by molar-refractivity contribution is 0.0920. The molecule has 1 aliphatic rings. The second kappa shape index (κ2) is 7.07. The van der Waals surface area contributed by atoms with Gasteiger partial charge in [0.25, 0.3) is 5.91 Å². The highest BCUT2D eigenvalue weighted by Crippen LogP contribution is 2.28. The monoisotopic (exact) mass is 375 g/mol. The number of hydrogen-bond acceptors (Lipinski definition) is 7. The van der Waals surface area contributed by atoms with Gasteiger partial charge in [0.05, 0.1) is 29.8 Å². The molecule has 1 fully saturated rings. The van der Waals surface area contributed by atoms with Crippen molar-refractivity contribution in [2.24, 2.45) is 5.92 Å². The maximum Gasteiger partial charge on any atom is 0.271 e. The minimum atomic E-state index is -0.159. The van der Waals surface area contributed by atoms with Crippen molar-refractivity contribution in [1.29, 1.82) is 0 Å². The van der Waals surface area contributed by atoms with Gasteiger partial charge < -0.3 is 14.6 Å². The summed E-state index contributed by atoms with van der Waals surface area (Å²) in [5.41, 5.74) is 1.31. The molecule has 3 aromatic rings. The summed E-state index contributed by atoms with van der Waals surface area (Å²) in [6.45, 7) is 3.00. The number of aromatic nitrogens is 2. The van der Waals surface area contributed by atoms with Crippen molar-refractivity contribution in [2.45, 2.75) is 19.4 Å². The van der Waals surface area contributed by atoms with Crippen LogP contribution in [0.2, 0.25) is 0 Å². The molecule has 4 rings (SSSR count). The van der Waals surface area contributed by atoms with Crippen LogP contribution in [0.15, 0.2) is 33.5 Å². The Kier molecular flexibility index (Phi) is 4.65. The van der Waals surface area contributed by atoms with Gasteiger partial charge in [-0.3, -0.25) is 4.79 Å². The van der Waals surface area contributed by atoms with Crippen molar-refractivity contribution in [3.63, 3.8) is 0 Å². The Balaban J connectivity index is 1.41. The van der Waals surface area contributed by atoms with Crippen LogP contribution in [0.25, 0.3) is 9.88 Å². The number of hydrogen-bond donors (Lipinski definition) is 1. The molecule has 8 heteroatoms. The molecule has 0 spiro atoms. The van der Waals surface area contributed by atoms with Gasteiger partial charge in [-0.15, -0.1) is 22.7 Å². The third-order valence-corrected chi connectivity index (χ3v) is 6.01. The summed E-state index contributed by atoms with van der Waals surface area (Å²) in [6.07, 6.45) is 0.698. The van der Waals surface area contributed by atoms with E-state index in [0.29, 0.717) is 25.3 Å². The summed E-state index contributed by atoms with van der Waals surface area (Å²) in [4.78, 5) is 18.1. The predicted molar refractivity (Wildman–Crippen MR) is 95.9 cm³/mol. The van der Waals surface area contributed by atoms with E-state index in [1.54, 1.807) is 16.7 Å². The first-order valence-electron chi connectivity index (χ1n) is 7.99. The average Bonchev–Trinajstić information content (AvgIpc) is 3.34. The van der Waals surface area contributed by atoms with Crippen molar-refractivity contribution in [3.8, 4) is 9.88 Å². The van der Waals surface area contributed by atoms with Crippen LogP contribution in [-0.4, -0.2) is 35.3 Å². The summed E-state index contributed by atoms with van der Waals surface area (Å²) in [5, 5.41) is 11.6. The van der Waals surface area contributed by atoms with Gasteiger partial charge in [0.2, 0.25) is 0 Å². The summed E-state index contributed by atoms with van der Waals surface area (Å²) >= 11 is 3.10. The molecule has 3 aromatic heterocycles. The van der Waals surface area contributed by atoms with Crippen LogP contribution < -0.4 is 5.32 Å². The Bertz CT molecular complexity index is 856. The lowest BCUT2D eigenvalue weighted by atomic mass is 9.98. The Hall–Kier alpha value is -2.03. The van der Waals surface area contributed by atoms with Crippen LogP contribution in [0.4, 0.5) is 0 Å². The predicted octanol–water partition coefficient (Wildman–Crippen LogP) is 3.16. The fourth-order valence-electron chi connectivity index (χ4n) is 2.86. The molecule has 0 saturated carbocycles. The molecule has 2 unspecified atom stereocenters. The molecule has 1 aliphatic heterocycles. The van der Waals surface area contributed by atoms with Gasteiger partial charge in [-0.1, -0.05) is 11.2 Å². The first-order valence-corrected chi connectivity index (χ1v) is 9.75. The number of amides is 1. The molecule has 4 heterocycles. The second-order valence-corrected chi connectivity index (χ2v) is 7.84. The largest absolute Gasteiger partial charge is 0.379 e. The topological polar surface area (TPSA) is 77.2 Å². The van der Waals surface area contributed by atoms with Crippen LogP contribution in [0, 0.1) is 12.8 Å². The smallest absolute Gasteiger partial charge is 0.271 e. The van der Waals surface area contributed by atoms with Crippen molar-refractivity contribution in [3.05, 3.63) is 46.1 Å². The van der Waals surface area contributed by atoms with E-state index in [-0.39, 0.29) is 17.9 Å². The van der Waals surface area contributed by atoms with E-state index in [9.17, 15) is 4.79 Å². The first kappa shape index (κ1) is 16.4. The maximum atomic E-state index is 12.5. The number of rotatable bonds is 5. The van der Waals surface area contributed by atoms with Crippen molar-refractivity contribution in [2.75, 3.05) is 13.2 Å². The van der Waals surface area contributed by atoms with Crippen molar-refractivity contribution < 1.29 is 14.1 Å². The maximum absolute atomic E-state index is 12.5. The number of carbonyl (C=O) groups excluding carboxylic acids is 1. The number of carbonyl (C=O) groups is 1. The summed E-state index contributed by atoms with van der Waals surface area (Å²) in [7, 11) is 0. The van der Waals surface area contributed by atoms with E-state index >= 15 is 0 Å². The molecule has 1 amide bonds. The lowest BCUT2D eigenvalue weighted by Crippen LogP contribution is -2.40. The Morgan fingerprint density at radius 3 is 3.08 bits per heavy atom. The molecule has 130 valence electrons. The van der Waals surface area contributed by atoms with Crippen LogP contribution >= 0.6 is 22.7 Å². The second-order valence-electron chi connectivity index (χ2n) is 6.03. The summed E-state index contributed by atoms with van der Waals surface area (Å²) < 4.78 is 10.8. The third-order valence-electron chi connectivity index (χ3n) is 4.12. The highest BCUT2D eigenvalue weighted by molar-refractivity contribution is 7.20. The van der Waals surface area contributed by atoms with Crippen molar-refractivity contribution >= 4 is 28.6 Å². The fraction of sp³-hybridized carbons (Fsp3) is 0.353. The van der Waals surface area contributed by atoms with Crippen LogP contribution in [-0.2, 0) is 11.2 Å². The Morgan fingerprint density at radius 1 is 1.40 bits per heavy atom. The van der Waals surface area contributed by atoms with Gasteiger partial charge in [-0.25, -0.2) is 4.98 Å². The average molecular weight is 375 g/mol. The molecule has 1 N–H and O–H groups in total. The van der Waals surface area contributed by atoms with Gasteiger partial charge in [0.1, 0.15) is 16.5 Å². The number of thiazole rings is 1. The molecule has 25 heavy (non-hydrogen) atoms. The number of aryl methyl sites for hydroxylation is 1. The SMILES string of the molecule is Cc1cc(CC2COCC2NC(=O)c2csc(-c3cccs3)n2)on1. The number of nitrogens with zero attached hydrogens (tertiary/aromatic N) is 2. The molecule has 6 nitrogen and oxygen atoms in total. The van der Waals surface area contributed by atoms with E-state index in [2.05, 4.69) is 15.5 Å². The van der Waals surface area contributed by atoms with E-state index < -0.39 is 0 Å². The highest BCUT2D eigenvalue weighted by atomic mass is 32.1. The van der Waals surface area contributed by atoms with E-state index in [1.165, 1.54) is 11.3 Å². The minimum Gasteiger partial charge on any atom is -0.379 e. The van der Waals surface area contributed by atoms with Crippen molar-refractivity contribution in [1.82, 2.24) is 15.5 Å². The van der Waals surface area contributed by atoms with Gasteiger partial charge in [-0.05, 0) is 18.4 Å². The Morgan fingerprint density at radius 2 is 2.32 bits per heavy atom. The molecule has 0 aromatic carbocycles. The first-order chi connectivity index (χ1) is 12.2. The number of ether oxygens (including phenoxy) is 1. The van der Waals surface area contributed by atoms with E-state index in [4.69, 9.17) is 9.26 Å². The van der Waals surface area contributed by atoms with Crippen LogP contribution in [0.5, 0.6) is 0 Å². The van der Waals surface area contributed by atoms with E-state index in [0.717, 1.165) is 21.3 Å². The molecule has 0 bridgehead atoms. The standard InChI is InChI=1S/C17H17N3O3S2/c1-10-5-12(23-20-10)6-11-7-22-8-13(11)18-16(21)14-9-25-17(19-14)15-3-2-4-24-15/h2-5,9,11,13H,6-8H2,1H3,(H,18,21). The number of nitrogens with one attached hydrogen (secondary N) is 1. The molecular weight excluding hydrogens is 358 g/mol. The van der Waals surface area contributed by atoms with Gasteiger partial charge >= 0.3 is 0 Å². The van der Waals surface area contributed by atoms with Crippen LogP contribution in [0.1, 0.15) is 21.9 Å². The third kappa shape index (κ3) is 3.65. The van der Waals surface area contributed by atoms with Gasteiger partial charge in [-0.2, -0.15) is 0 Å². The zero-order chi connectivity index (χ0) is 17.2. The van der Waals surface area contributed by atoms with E-state index in [1.807, 2.05) is 30.5 Å². The zero-order valence-corrected chi connectivity index (χ0v) is 15.2. The normalized spacial score (nSPS) is 20.0. The molecular formula is C17H17N3O3S2. The molecule has 1 saturated heterocycles. The lowest BCUT2D eigenvalue weighted by Gasteiger charge is -2.17. The number of thiophene rings is 1. The quantitative estimate of drug-likeness (QED) is 0.741. The minimum absolute atomic E-state index is 0.0511. The van der Waals surface area contributed by atoms with Gasteiger partial charge in [0.15, 0.2) is 0 Å². The van der Waals surface area contributed by atoms with Gasteiger partial charge in [0, 0.05) is 23.8 Å². The Labute approximate surface area is 152 Å². The highest BCUT2D eigenvalue weighted by Gasteiger charge is 2.31. The molecule has 0 radical (unpaired) electrons. The van der Waals surface area contributed by atoms with Crippen LogP contribution in [0.3, 0.4) is 0 Å². The molecule has 2 atom stereocenters.